The molecule has 0 fully saturated rings. The number of rotatable bonds is 7. The predicted octanol–water partition coefficient (Wildman–Crippen LogP) is 4.83. The molecule has 0 bridgehead atoms. The fourth-order valence-corrected chi connectivity index (χ4v) is 2.51. The first-order valence-electron chi connectivity index (χ1n) is 8.38. The quantitative estimate of drug-likeness (QED) is 0.629. The maximum atomic E-state index is 13.0. The lowest BCUT2D eigenvalue weighted by atomic mass is 10.00. The summed E-state index contributed by atoms with van der Waals surface area (Å²) in [6, 6.07) is 8.74. The van der Waals surface area contributed by atoms with Crippen LogP contribution >= 0.6 is 24.8 Å². The van der Waals surface area contributed by atoms with E-state index in [2.05, 4.69) is 10.3 Å². The minimum absolute atomic E-state index is 0. The molecule has 0 aliphatic carbocycles. The smallest absolute Gasteiger partial charge is 0.416 e. The lowest BCUT2D eigenvalue weighted by Gasteiger charge is -2.14. The molecule has 0 aliphatic heterocycles. The summed E-state index contributed by atoms with van der Waals surface area (Å²) in [7, 11) is 0. The number of carbonyl (C=O) groups is 1. The molecule has 156 valence electrons. The van der Waals surface area contributed by atoms with Crippen molar-refractivity contribution in [1.29, 1.82) is 0 Å². The fraction of sp³-hybridized carbons (Fsp3) is 0.368. The van der Waals surface area contributed by atoms with E-state index in [9.17, 15) is 18.0 Å². The minimum Gasteiger partial charge on any atom is -0.466 e. The highest BCUT2D eigenvalue weighted by molar-refractivity contribution is 5.85. The van der Waals surface area contributed by atoms with Crippen LogP contribution in [0.2, 0.25) is 0 Å². The maximum absolute atomic E-state index is 13.0. The van der Waals surface area contributed by atoms with E-state index in [1.807, 2.05) is 6.92 Å². The second-order valence-corrected chi connectivity index (χ2v) is 5.65. The SMILES string of the molecule is CCNCc1cc(C(F)(F)F)ccc1-c1cccc(CC(=O)OCC)n1.Cl.Cl. The van der Waals surface area contributed by atoms with E-state index in [4.69, 9.17) is 4.74 Å². The standard InChI is InChI=1S/C19H21F3N2O2.2ClH/c1-3-23-12-13-10-14(19(20,21)22)8-9-16(13)17-7-5-6-15(24-17)11-18(25)26-4-2;;/h5-10,23H,3-4,11-12H2,1-2H3;2*1H. The predicted molar refractivity (Wildman–Crippen MR) is 107 cm³/mol. The third-order valence-corrected chi connectivity index (χ3v) is 3.71. The fourth-order valence-electron chi connectivity index (χ4n) is 2.51. The molecule has 2 aromatic rings. The largest absolute Gasteiger partial charge is 0.466 e. The van der Waals surface area contributed by atoms with Gasteiger partial charge in [0.15, 0.2) is 0 Å². The summed E-state index contributed by atoms with van der Waals surface area (Å²) in [6.45, 7) is 4.80. The van der Waals surface area contributed by atoms with Crippen LogP contribution in [0.3, 0.4) is 0 Å². The highest BCUT2D eigenvalue weighted by Gasteiger charge is 2.31. The van der Waals surface area contributed by atoms with Crippen LogP contribution in [-0.2, 0) is 28.7 Å². The van der Waals surface area contributed by atoms with Gasteiger partial charge in [0.25, 0.3) is 0 Å². The van der Waals surface area contributed by atoms with Gasteiger partial charge in [-0.2, -0.15) is 13.2 Å². The first-order chi connectivity index (χ1) is 12.3. The van der Waals surface area contributed by atoms with Gasteiger partial charge in [0.2, 0.25) is 0 Å². The van der Waals surface area contributed by atoms with Gasteiger partial charge in [-0.3, -0.25) is 9.78 Å². The van der Waals surface area contributed by atoms with Gasteiger partial charge in [-0.1, -0.05) is 19.1 Å². The van der Waals surface area contributed by atoms with Gasteiger partial charge in [0.05, 0.1) is 30.0 Å². The lowest BCUT2D eigenvalue weighted by Crippen LogP contribution is -2.14. The summed E-state index contributed by atoms with van der Waals surface area (Å²) in [5.74, 6) is -0.391. The van der Waals surface area contributed by atoms with Gasteiger partial charge >= 0.3 is 12.1 Å². The Bertz CT molecular complexity index is 771. The second-order valence-electron chi connectivity index (χ2n) is 5.65. The molecule has 0 atom stereocenters. The van der Waals surface area contributed by atoms with Gasteiger partial charge in [-0.25, -0.2) is 0 Å². The van der Waals surface area contributed by atoms with E-state index in [0.717, 1.165) is 12.1 Å². The van der Waals surface area contributed by atoms with Gasteiger partial charge in [-0.05, 0) is 43.3 Å². The molecule has 1 aromatic heterocycles. The van der Waals surface area contributed by atoms with Crippen LogP contribution in [0.25, 0.3) is 11.3 Å². The van der Waals surface area contributed by atoms with Crippen molar-refractivity contribution in [3.05, 3.63) is 53.2 Å². The van der Waals surface area contributed by atoms with Crippen molar-refractivity contribution < 1.29 is 22.7 Å². The van der Waals surface area contributed by atoms with Crippen molar-refractivity contribution in [2.24, 2.45) is 0 Å². The van der Waals surface area contributed by atoms with Crippen LogP contribution in [0.4, 0.5) is 13.2 Å². The summed E-state index contributed by atoms with van der Waals surface area (Å²) in [6.07, 6.45) is -4.39. The Kier molecular flexibility index (Phi) is 11.1. The average Bonchev–Trinajstić information content (AvgIpc) is 2.59. The summed E-state index contributed by atoms with van der Waals surface area (Å²) in [5, 5.41) is 3.05. The molecule has 1 aromatic carbocycles. The average molecular weight is 439 g/mol. The van der Waals surface area contributed by atoms with E-state index in [-0.39, 0.29) is 37.8 Å². The number of alkyl halides is 3. The Hall–Kier alpha value is -1.83. The van der Waals surface area contributed by atoms with E-state index >= 15 is 0 Å². The summed E-state index contributed by atoms with van der Waals surface area (Å²) in [5.41, 5.74) is 1.44. The molecule has 0 saturated heterocycles. The third-order valence-electron chi connectivity index (χ3n) is 3.71. The van der Waals surface area contributed by atoms with Crippen molar-refractivity contribution in [3.8, 4) is 11.3 Å². The molecule has 1 N–H and O–H groups in total. The van der Waals surface area contributed by atoms with Crippen LogP contribution in [-0.4, -0.2) is 24.1 Å². The van der Waals surface area contributed by atoms with Crippen LogP contribution in [0.1, 0.15) is 30.7 Å². The van der Waals surface area contributed by atoms with Crippen LogP contribution in [0.15, 0.2) is 36.4 Å². The topological polar surface area (TPSA) is 51.2 Å². The zero-order chi connectivity index (χ0) is 19.2. The van der Waals surface area contributed by atoms with E-state index < -0.39 is 17.7 Å². The monoisotopic (exact) mass is 438 g/mol. The van der Waals surface area contributed by atoms with Crippen molar-refractivity contribution in [2.75, 3.05) is 13.2 Å². The third kappa shape index (κ3) is 7.30. The molecule has 0 unspecified atom stereocenters. The zero-order valence-corrected chi connectivity index (χ0v) is 17.1. The Labute approximate surface area is 174 Å². The number of hydrogen-bond donors (Lipinski definition) is 1. The highest BCUT2D eigenvalue weighted by atomic mass is 35.5. The summed E-state index contributed by atoms with van der Waals surface area (Å²) < 4.78 is 44.0. The molecule has 2 rings (SSSR count). The maximum Gasteiger partial charge on any atom is 0.416 e. The molecule has 0 saturated carbocycles. The van der Waals surface area contributed by atoms with Gasteiger partial charge in [0.1, 0.15) is 0 Å². The molecule has 1 heterocycles. The van der Waals surface area contributed by atoms with Crippen LogP contribution in [0, 0.1) is 0 Å². The molecular weight excluding hydrogens is 416 g/mol. The summed E-state index contributed by atoms with van der Waals surface area (Å²) in [4.78, 5) is 16.0. The molecule has 28 heavy (non-hydrogen) atoms. The Morgan fingerprint density at radius 3 is 2.46 bits per heavy atom. The number of aromatic nitrogens is 1. The number of esters is 1. The zero-order valence-electron chi connectivity index (χ0n) is 15.5. The number of benzene rings is 1. The number of pyridine rings is 1. The van der Waals surface area contributed by atoms with Crippen LogP contribution in [0.5, 0.6) is 0 Å². The molecule has 4 nitrogen and oxygen atoms in total. The molecule has 0 amide bonds. The molecule has 9 heteroatoms. The highest BCUT2D eigenvalue weighted by Crippen LogP contribution is 2.33. The van der Waals surface area contributed by atoms with Crippen molar-refractivity contribution in [3.63, 3.8) is 0 Å². The number of halogens is 5. The molecular formula is C19H23Cl2F3N2O2. The Morgan fingerprint density at radius 2 is 1.86 bits per heavy atom. The van der Waals surface area contributed by atoms with Crippen molar-refractivity contribution in [2.45, 2.75) is 33.0 Å². The molecule has 0 spiro atoms. The summed E-state index contributed by atoms with van der Waals surface area (Å²) >= 11 is 0. The number of ether oxygens (including phenoxy) is 1. The van der Waals surface area contributed by atoms with Gasteiger partial charge in [0, 0.05) is 12.1 Å². The van der Waals surface area contributed by atoms with Gasteiger partial charge < -0.3 is 10.1 Å². The number of hydrogen-bond acceptors (Lipinski definition) is 4. The molecule has 0 radical (unpaired) electrons. The Balaban J connectivity index is 0.00000364. The van der Waals surface area contributed by atoms with Crippen molar-refractivity contribution in [1.82, 2.24) is 10.3 Å². The first kappa shape index (κ1) is 26.2. The van der Waals surface area contributed by atoms with E-state index in [1.54, 1.807) is 25.1 Å². The Morgan fingerprint density at radius 1 is 1.14 bits per heavy atom. The second kappa shape index (κ2) is 11.9. The first-order valence-corrected chi connectivity index (χ1v) is 8.38. The van der Waals surface area contributed by atoms with E-state index in [0.29, 0.717) is 35.6 Å². The van der Waals surface area contributed by atoms with Crippen LogP contribution < -0.4 is 5.32 Å². The molecule has 0 aliphatic rings. The lowest BCUT2D eigenvalue weighted by molar-refractivity contribution is -0.142. The van der Waals surface area contributed by atoms with Crippen molar-refractivity contribution >= 4 is 30.8 Å². The van der Waals surface area contributed by atoms with Gasteiger partial charge in [-0.15, -0.1) is 24.8 Å². The number of nitrogens with zero attached hydrogens (tertiary/aromatic N) is 1. The van der Waals surface area contributed by atoms with E-state index in [1.165, 1.54) is 6.07 Å². The normalized spacial score (nSPS) is 10.6. The minimum atomic E-state index is -4.40. The number of nitrogens with one attached hydrogen (secondary N) is 1. The number of carbonyl (C=O) groups excluding carboxylic acids is 1.